The third kappa shape index (κ3) is 8.10. The van der Waals surface area contributed by atoms with Crippen LogP contribution in [0.4, 0.5) is 14.6 Å². The van der Waals surface area contributed by atoms with Gasteiger partial charge in [-0.15, -0.1) is 0 Å². The molecule has 2 N–H and O–H groups in total. The van der Waals surface area contributed by atoms with Crippen LogP contribution in [0.15, 0.2) is 48.7 Å². The van der Waals surface area contributed by atoms with Gasteiger partial charge < -0.3 is 19.6 Å². The van der Waals surface area contributed by atoms with Crippen LogP contribution in [0.1, 0.15) is 106 Å². The Bertz CT molecular complexity index is 2710. The molecule has 13 heteroatoms. The maximum Gasteiger partial charge on any atom is 0.319 e. The third-order valence-electron chi connectivity index (χ3n) is 15.9. The average molecular weight is 884 g/mol. The van der Waals surface area contributed by atoms with Gasteiger partial charge in [0.1, 0.15) is 28.6 Å². The zero-order valence-corrected chi connectivity index (χ0v) is 37.6. The molecule has 1 unspecified atom stereocenters. The number of ether oxygens (including phenoxy) is 1. The number of pyridine rings is 1. The molecule has 1 spiro atoms. The lowest BCUT2D eigenvalue weighted by Crippen LogP contribution is -2.50. The summed E-state index contributed by atoms with van der Waals surface area (Å²) >= 11 is 0. The molecule has 3 aromatic carbocycles. The summed E-state index contributed by atoms with van der Waals surface area (Å²) in [5.41, 5.74) is 5.03. The molecular weight excluding hydrogens is 825 g/mol. The van der Waals surface area contributed by atoms with Gasteiger partial charge in [0.2, 0.25) is 11.8 Å². The van der Waals surface area contributed by atoms with E-state index in [2.05, 4.69) is 50.1 Å². The smallest absolute Gasteiger partial charge is 0.319 e. The van der Waals surface area contributed by atoms with E-state index in [1.54, 1.807) is 18.3 Å². The molecule has 340 valence electrons. The molecule has 2 amide bonds. The summed E-state index contributed by atoms with van der Waals surface area (Å²) in [7, 11) is 0. The zero-order valence-electron chi connectivity index (χ0n) is 37.6. The van der Waals surface area contributed by atoms with Gasteiger partial charge in [0.25, 0.3) is 0 Å². The number of amides is 2. The average Bonchev–Trinajstić information content (AvgIpc) is 3.93. The van der Waals surface area contributed by atoms with Gasteiger partial charge in [0.15, 0.2) is 5.82 Å². The van der Waals surface area contributed by atoms with Gasteiger partial charge in [0, 0.05) is 62.9 Å². The van der Waals surface area contributed by atoms with Gasteiger partial charge in [0.05, 0.1) is 17.9 Å². The molecule has 2 aliphatic carbocycles. The molecule has 2 aromatic heterocycles. The number of likely N-dealkylation sites (tertiary alicyclic amines) is 1. The summed E-state index contributed by atoms with van der Waals surface area (Å²) in [6, 6.07) is 12.6. The predicted molar refractivity (Wildman–Crippen MR) is 246 cm³/mol. The summed E-state index contributed by atoms with van der Waals surface area (Å²) < 4.78 is 38.7. The van der Waals surface area contributed by atoms with Crippen LogP contribution in [0.3, 0.4) is 0 Å². The lowest BCUT2D eigenvalue weighted by molar-refractivity contribution is -0.134. The largest absolute Gasteiger partial charge is 0.508 e. The molecule has 2 atom stereocenters. The van der Waals surface area contributed by atoms with E-state index in [1.165, 1.54) is 48.9 Å². The van der Waals surface area contributed by atoms with E-state index in [-0.39, 0.29) is 51.9 Å². The Kier molecular flexibility index (Phi) is 10.8. The predicted octanol–water partition coefficient (Wildman–Crippen LogP) is 8.81. The van der Waals surface area contributed by atoms with E-state index < -0.39 is 5.82 Å². The van der Waals surface area contributed by atoms with Crippen molar-refractivity contribution in [3.63, 3.8) is 0 Å². The number of piperidine rings is 3. The quantitative estimate of drug-likeness (QED) is 0.125. The van der Waals surface area contributed by atoms with Crippen LogP contribution in [-0.2, 0) is 29.1 Å². The zero-order chi connectivity index (χ0) is 44.6. The molecule has 3 saturated heterocycles. The van der Waals surface area contributed by atoms with Crippen LogP contribution in [0.5, 0.6) is 11.8 Å². The molecule has 5 aromatic rings. The van der Waals surface area contributed by atoms with Crippen molar-refractivity contribution in [2.45, 2.75) is 103 Å². The Morgan fingerprint density at radius 3 is 2.52 bits per heavy atom. The van der Waals surface area contributed by atoms with Crippen LogP contribution >= 0.6 is 0 Å². The van der Waals surface area contributed by atoms with Gasteiger partial charge >= 0.3 is 6.01 Å². The SMILES string of the molecule is CCc1c(F)ccc2cc(O)cc(-c3ncc4c(N5CCC[C@H](C)C5)nc(OCC5(CN6CCC7(CC6)CC(CN6Cc8ccc(C9CCC(=O)NC9=O)cc8C6)C7)CC5)nc4c3F)c12. The van der Waals surface area contributed by atoms with E-state index in [0.717, 1.165) is 83.6 Å². The summed E-state index contributed by atoms with van der Waals surface area (Å²) in [4.78, 5) is 45.9. The number of hydrogen-bond acceptors (Lipinski definition) is 10. The Labute approximate surface area is 379 Å². The summed E-state index contributed by atoms with van der Waals surface area (Å²) in [5, 5.41) is 14.9. The topological polar surface area (TPSA) is 124 Å². The summed E-state index contributed by atoms with van der Waals surface area (Å²) in [6.45, 7) is 12.3. The van der Waals surface area contributed by atoms with Crippen LogP contribution < -0.4 is 15.0 Å². The number of phenolic OH excluding ortho intramolecular Hbond substituents is 1. The number of imide groups is 1. The van der Waals surface area contributed by atoms with Crippen molar-refractivity contribution in [2.75, 3.05) is 50.8 Å². The van der Waals surface area contributed by atoms with E-state index in [1.807, 2.05) is 6.92 Å². The molecule has 6 heterocycles. The molecule has 65 heavy (non-hydrogen) atoms. The highest BCUT2D eigenvalue weighted by Crippen LogP contribution is 2.54. The molecule has 4 aliphatic heterocycles. The second kappa shape index (κ2) is 16.6. The number of carbonyl (C=O) groups is 2. The number of fused-ring (bicyclic) bond motifs is 3. The number of halogens is 2. The Balaban J connectivity index is 0.743. The highest BCUT2D eigenvalue weighted by molar-refractivity contribution is 6.02. The highest BCUT2D eigenvalue weighted by Gasteiger charge is 2.49. The van der Waals surface area contributed by atoms with Crippen molar-refractivity contribution in [1.82, 2.24) is 30.1 Å². The number of anilines is 1. The van der Waals surface area contributed by atoms with Gasteiger partial charge in [-0.1, -0.05) is 38.1 Å². The number of rotatable bonds is 11. The number of aryl methyl sites for hydroxylation is 1. The fourth-order valence-electron chi connectivity index (χ4n) is 12.2. The Morgan fingerprint density at radius 1 is 0.938 bits per heavy atom. The maximum absolute atomic E-state index is 17.1. The normalized spacial score (nSPS) is 23.2. The van der Waals surface area contributed by atoms with Crippen molar-refractivity contribution in [3.05, 3.63) is 82.5 Å². The molecular formula is C52H59F2N7O4. The molecule has 0 radical (unpaired) electrons. The first-order chi connectivity index (χ1) is 31.4. The first kappa shape index (κ1) is 42.4. The minimum atomic E-state index is -0.646. The summed E-state index contributed by atoms with van der Waals surface area (Å²) in [6.07, 6.45) is 12.3. The van der Waals surface area contributed by atoms with Crippen molar-refractivity contribution >= 4 is 39.3 Å². The Morgan fingerprint density at radius 2 is 1.75 bits per heavy atom. The number of nitrogens with one attached hydrogen (secondary N) is 1. The maximum atomic E-state index is 17.1. The van der Waals surface area contributed by atoms with Crippen LogP contribution in [0.25, 0.3) is 32.9 Å². The number of aromatic nitrogens is 3. The summed E-state index contributed by atoms with van der Waals surface area (Å²) in [5.74, 6) is 0.113. The van der Waals surface area contributed by atoms with E-state index in [9.17, 15) is 14.7 Å². The molecule has 0 bridgehead atoms. The minimum Gasteiger partial charge on any atom is -0.508 e. The molecule has 6 aliphatic rings. The molecule has 11 nitrogen and oxygen atoms in total. The second-order valence-corrected chi connectivity index (χ2v) is 20.7. The number of hydrogen-bond donors (Lipinski definition) is 2. The van der Waals surface area contributed by atoms with Crippen molar-refractivity contribution < 1.29 is 28.2 Å². The first-order valence-electron chi connectivity index (χ1n) is 24.0. The van der Waals surface area contributed by atoms with Gasteiger partial charge in [-0.3, -0.25) is 24.8 Å². The third-order valence-corrected chi connectivity index (χ3v) is 15.9. The van der Waals surface area contributed by atoms with E-state index in [0.29, 0.717) is 76.2 Å². The standard InChI is InChI=1S/C52H59F2N7O4/c1-3-38-42(53)10-8-34-20-37(62)21-40(44(34)38)46-45(54)47-41(24-55-46)48(61-16-4-5-31(2)25-61)58-50(57-47)65-30-52(12-13-52)29-59-17-14-51(15-18-59)22-32(23-51)26-60-27-35-7-6-33(19-36(35)28-60)39-9-11-43(63)56-49(39)64/h6-8,10,19-21,24,31-32,39,62H,3-5,9,11-18,22-23,25-30H2,1-2H3,(H,56,63,64)/t31-,39?/m0/s1. The minimum absolute atomic E-state index is 0.00405. The van der Waals surface area contributed by atoms with Crippen molar-refractivity contribution in [2.24, 2.45) is 22.7 Å². The van der Waals surface area contributed by atoms with E-state index in [4.69, 9.17) is 14.7 Å². The fourth-order valence-corrected chi connectivity index (χ4v) is 12.2. The Hall–Kier alpha value is -5.27. The van der Waals surface area contributed by atoms with Gasteiger partial charge in [-0.05, 0) is 146 Å². The number of benzene rings is 3. The molecule has 5 fully saturated rings. The van der Waals surface area contributed by atoms with Crippen LogP contribution in [-0.4, -0.2) is 87.5 Å². The second-order valence-electron chi connectivity index (χ2n) is 20.7. The number of carbonyl (C=O) groups excluding carboxylic acids is 2. The van der Waals surface area contributed by atoms with E-state index >= 15 is 8.78 Å². The highest BCUT2D eigenvalue weighted by atomic mass is 19.1. The van der Waals surface area contributed by atoms with Crippen molar-refractivity contribution in [3.8, 4) is 23.0 Å². The van der Waals surface area contributed by atoms with Crippen LogP contribution in [0, 0.1) is 34.3 Å². The van der Waals surface area contributed by atoms with Crippen molar-refractivity contribution in [1.29, 1.82) is 0 Å². The first-order valence-corrected chi connectivity index (χ1v) is 24.0. The number of phenols is 1. The lowest BCUT2D eigenvalue weighted by Gasteiger charge is -2.53. The number of nitrogens with zero attached hydrogens (tertiary/aromatic N) is 6. The monoisotopic (exact) mass is 883 g/mol. The molecule has 2 saturated carbocycles. The van der Waals surface area contributed by atoms with Crippen LogP contribution in [0.2, 0.25) is 0 Å². The van der Waals surface area contributed by atoms with Gasteiger partial charge in [-0.2, -0.15) is 9.97 Å². The fraction of sp³-hybridized carbons (Fsp3) is 0.519. The number of aromatic hydroxyl groups is 1. The van der Waals surface area contributed by atoms with Gasteiger partial charge in [-0.25, -0.2) is 8.78 Å². The lowest BCUT2D eigenvalue weighted by atomic mass is 9.57. The molecule has 11 rings (SSSR count).